The minimum atomic E-state index is -1.23. The lowest BCUT2D eigenvalue weighted by Crippen LogP contribution is -2.55. The SMILES string of the molecule is Cc1c(-c2cc(F)c(N)cc2F)ccc2c3oc(CNC(=O)[C@H]4COCCN4C(=O)O)nc3c(=O)n(C3CC3)c12. The van der Waals surface area contributed by atoms with E-state index in [0.29, 0.717) is 22.0 Å². The van der Waals surface area contributed by atoms with E-state index >= 15 is 0 Å². The number of amides is 2. The highest BCUT2D eigenvalue weighted by molar-refractivity contribution is 6.04. The number of hydrogen-bond acceptors (Lipinski definition) is 7. The van der Waals surface area contributed by atoms with Gasteiger partial charge in [0.05, 0.1) is 31.0 Å². The number of nitrogens with one attached hydrogen (secondary N) is 1. The van der Waals surface area contributed by atoms with Crippen LogP contribution in [0.4, 0.5) is 19.3 Å². The number of benzene rings is 2. The molecular weight excluding hydrogens is 528 g/mol. The van der Waals surface area contributed by atoms with Gasteiger partial charge in [0.1, 0.15) is 17.7 Å². The van der Waals surface area contributed by atoms with E-state index in [1.54, 1.807) is 23.6 Å². The Morgan fingerprint density at radius 2 is 1.98 bits per heavy atom. The first-order valence-corrected chi connectivity index (χ1v) is 12.7. The number of anilines is 1. The van der Waals surface area contributed by atoms with E-state index in [2.05, 4.69) is 10.3 Å². The number of halogens is 2. The van der Waals surface area contributed by atoms with E-state index < -0.39 is 35.2 Å². The van der Waals surface area contributed by atoms with Crippen molar-refractivity contribution in [2.24, 2.45) is 0 Å². The van der Waals surface area contributed by atoms with Crippen LogP contribution in [0.5, 0.6) is 0 Å². The second-order valence-electron chi connectivity index (χ2n) is 9.96. The van der Waals surface area contributed by atoms with E-state index in [4.69, 9.17) is 14.9 Å². The van der Waals surface area contributed by atoms with Gasteiger partial charge in [0, 0.05) is 29.6 Å². The Balaban J connectivity index is 1.41. The summed E-state index contributed by atoms with van der Waals surface area (Å²) in [7, 11) is 0. The molecule has 0 radical (unpaired) electrons. The highest BCUT2D eigenvalue weighted by Crippen LogP contribution is 2.41. The number of nitrogen functional groups attached to an aromatic ring is 1. The predicted molar refractivity (Wildman–Crippen MR) is 140 cm³/mol. The Morgan fingerprint density at radius 3 is 2.70 bits per heavy atom. The number of hydrogen-bond donors (Lipinski definition) is 3. The van der Waals surface area contributed by atoms with Crippen molar-refractivity contribution in [2.45, 2.75) is 38.4 Å². The first kappa shape index (κ1) is 25.7. The van der Waals surface area contributed by atoms with Crippen LogP contribution < -0.4 is 16.6 Å². The van der Waals surface area contributed by atoms with Crippen LogP contribution >= 0.6 is 0 Å². The minimum absolute atomic E-state index is 0.0176. The molecule has 1 saturated carbocycles. The first-order chi connectivity index (χ1) is 19.2. The Bertz CT molecular complexity index is 1760. The smallest absolute Gasteiger partial charge is 0.408 e. The molecule has 1 aliphatic carbocycles. The molecule has 0 spiro atoms. The molecule has 1 aliphatic heterocycles. The number of nitrogens with two attached hydrogens (primary N) is 1. The highest BCUT2D eigenvalue weighted by Gasteiger charge is 2.33. The number of nitrogens with zero attached hydrogens (tertiary/aromatic N) is 3. The van der Waals surface area contributed by atoms with Crippen LogP contribution in [0.25, 0.3) is 33.1 Å². The second-order valence-corrected chi connectivity index (χ2v) is 9.96. The molecule has 3 heterocycles. The molecule has 11 nitrogen and oxygen atoms in total. The molecule has 2 amide bonds. The van der Waals surface area contributed by atoms with Crippen molar-refractivity contribution in [3.05, 3.63) is 57.7 Å². The number of aromatic nitrogens is 2. The lowest BCUT2D eigenvalue weighted by molar-refractivity contribution is -0.131. The maximum absolute atomic E-state index is 14.8. The molecule has 40 heavy (non-hydrogen) atoms. The van der Waals surface area contributed by atoms with Gasteiger partial charge >= 0.3 is 6.09 Å². The fourth-order valence-electron chi connectivity index (χ4n) is 5.25. The number of rotatable bonds is 5. The van der Waals surface area contributed by atoms with Crippen molar-refractivity contribution in [3.63, 3.8) is 0 Å². The molecule has 0 unspecified atom stereocenters. The van der Waals surface area contributed by atoms with E-state index in [-0.39, 0.29) is 60.6 Å². The quantitative estimate of drug-likeness (QED) is 0.318. The van der Waals surface area contributed by atoms with Crippen LogP contribution in [0.3, 0.4) is 0 Å². The third kappa shape index (κ3) is 4.22. The molecule has 2 aliphatic rings. The third-order valence-corrected chi connectivity index (χ3v) is 7.39. The fourth-order valence-corrected chi connectivity index (χ4v) is 5.25. The molecule has 1 atom stereocenters. The molecule has 13 heteroatoms. The summed E-state index contributed by atoms with van der Waals surface area (Å²) in [6.07, 6.45) is 0.326. The number of oxazole rings is 1. The molecular formula is C27H25F2N5O6. The Kier molecular flexibility index (Phi) is 6.17. The maximum Gasteiger partial charge on any atom is 0.408 e. The molecule has 2 aromatic carbocycles. The second kappa shape index (κ2) is 9.59. The number of carboxylic acid groups (broad SMARTS) is 1. The van der Waals surface area contributed by atoms with Gasteiger partial charge in [0.25, 0.3) is 5.56 Å². The summed E-state index contributed by atoms with van der Waals surface area (Å²) >= 11 is 0. The zero-order valence-corrected chi connectivity index (χ0v) is 21.4. The molecule has 208 valence electrons. The zero-order chi connectivity index (χ0) is 28.3. The third-order valence-electron chi connectivity index (χ3n) is 7.39. The van der Waals surface area contributed by atoms with Gasteiger partial charge < -0.3 is 29.9 Å². The van der Waals surface area contributed by atoms with Gasteiger partial charge in [-0.15, -0.1) is 0 Å². The van der Waals surface area contributed by atoms with Crippen molar-refractivity contribution in [2.75, 3.05) is 25.5 Å². The van der Waals surface area contributed by atoms with Gasteiger partial charge in [-0.05, 0) is 43.0 Å². The Labute approximate surface area is 225 Å². The van der Waals surface area contributed by atoms with Crippen LogP contribution in [-0.2, 0) is 16.1 Å². The van der Waals surface area contributed by atoms with Crippen molar-refractivity contribution in [3.8, 4) is 11.1 Å². The van der Waals surface area contributed by atoms with E-state index in [9.17, 15) is 28.3 Å². The first-order valence-electron chi connectivity index (χ1n) is 12.7. The lowest BCUT2D eigenvalue weighted by Gasteiger charge is -2.32. The molecule has 4 aromatic rings. The summed E-state index contributed by atoms with van der Waals surface area (Å²) in [5, 5.41) is 12.5. The van der Waals surface area contributed by atoms with Gasteiger partial charge in [-0.1, -0.05) is 6.07 Å². The number of carbonyl (C=O) groups is 2. The normalized spacial score (nSPS) is 17.5. The summed E-state index contributed by atoms with van der Waals surface area (Å²) < 4.78 is 41.9. The number of carbonyl (C=O) groups excluding carboxylic acids is 1. The Hall–Kier alpha value is -4.52. The summed E-state index contributed by atoms with van der Waals surface area (Å²) in [5.74, 6) is -1.96. The van der Waals surface area contributed by atoms with Crippen molar-refractivity contribution in [1.29, 1.82) is 0 Å². The van der Waals surface area contributed by atoms with Crippen molar-refractivity contribution >= 4 is 39.7 Å². The number of aryl methyl sites for hydroxylation is 1. The Morgan fingerprint density at radius 1 is 1.20 bits per heavy atom. The molecule has 6 rings (SSSR count). The number of morpholine rings is 1. The average molecular weight is 554 g/mol. The van der Waals surface area contributed by atoms with Gasteiger partial charge in [-0.25, -0.2) is 18.6 Å². The van der Waals surface area contributed by atoms with E-state index in [1.165, 1.54) is 0 Å². The number of pyridine rings is 1. The number of ether oxygens (including phenoxy) is 1. The average Bonchev–Trinajstić information content (AvgIpc) is 3.67. The van der Waals surface area contributed by atoms with E-state index in [0.717, 1.165) is 29.9 Å². The van der Waals surface area contributed by atoms with Crippen molar-refractivity contribution < 1.29 is 32.6 Å². The minimum Gasteiger partial charge on any atom is -0.465 e. The maximum atomic E-state index is 14.8. The van der Waals surface area contributed by atoms with Crippen LogP contribution in [0, 0.1) is 18.6 Å². The van der Waals surface area contributed by atoms with Gasteiger partial charge in [0.15, 0.2) is 11.1 Å². The van der Waals surface area contributed by atoms with Gasteiger partial charge in [-0.3, -0.25) is 14.5 Å². The monoisotopic (exact) mass is 553 g/mol. The molecule has 0 bridgehead atoms. The molecule has 4 N–H and O–H groups in total. The lowest BCUT2D eigenvalue weighted by atomic mass is 9.96. The predicted octanol–water partition coefficient (Wildman–Crippen LogP) is 3.31. The van der Waals surface area contributed by atoms with Crippen LogP contribution in [-0.4, -0.2) is 57.4 Å². The fraction of sp³-hybridized carbons (Fsp3) is 0.333. The van der Waals surface area contributed by atoms with Gasteiger partial charge in [0.2, 0.25) is 11.8 Å². The summed E-state index contributed by atoms with van der Waals surface area (Å²) in [6.45, 7) is 1.73. The summed E-state index contributed by atoms with van der Waals surface area (Å²) in [4.78, 5) is 43.2. The van der Waals surface area contributed by atoms with Crippen molar-refractivity contribution in [1.82, 2.24) is 19.8 Å². The molecule has 1 saturated heterocycles. The zero-order valence-electron chi connectivity index (χ0n) is 21.4. The highest BCUT2D eigenvalue weighted by atomic mass is 19.1. The van der Waals surface area contributed by atoms with Gasteiger partial charge in [-0.2, -0.15) is 0 Å². The number of fused-ring (bicyclic) bond motifs is 3. The van der Waals surface area contributed by atoms with Crippen LogP contribution in [0.2, 0.25) is 0 Å². The summed E-state index contributed by atoms with van der Waals surface area (Å²) in [6, 6.07) is 4.16. The van der Waals surface area contributed by atoms with Crippen LogP contribution in [0.15, 0.2) is 33.5 Å². The standard InChI is InChI=1S/C27H25F2N5O6/c1-12-14(16-8-18(29)19(30)9-17(16)28)4-5-15-23(12)34(13-2-3-13)26(36)22-24(15)40-21(32-22)10-31-25(35)20-11-39-7-6-33(20)27(37)38/h4-5,8-9,13,20H,2-3,6-7,10-11,30H2,1H3,(H,31,35)(H,37,38)/t20-/m1/s1. The van der Waals surface area contributed by atoms with E-state index in [1.807, 2.05) is 0 Å². The molecule has 2 fully saturated rings. The molecule has 2 aromatic heterocycles. The summed E-state index contributed by atoms with van der Waals surface area (Å²) in [5.41, 5.74) is 6.61. The largest absolute Gasteiger partial charge is 0.465 e. The van der Waals surface area contributed by atoms with Crippen LogP contribution in [0.1, 0.15) is 30.3 Å². The topological polar surface area (TPSA) is 153 Å².